The van der Waals surface area contributed by atoms with E-state index in [2.05, 4.69) is 19.6 Å². The van der Waals surface area contributed by atoms with Crippen LogP contribution >= 0.6 is 0 Å². The van der Waals surface area contributed by atoms with Gasteiger partial charge in [-0.2, -0.15) is 0 Å². The Bertz CT molecular complexity index is 208. The van der Waals surface area contributed by atoms with Crippen LogP contribution in [0.2, 0.25) is 0 Å². The molecule has 0 aromatic carbocycles. The number of hydrogen-bond acceptors (Lipinski definition) is 1. The summed E-state index contributed by atoms with van der Waals surface area (Å²) in [6.45, 7) is 5.87. The molecule has 0 spiro atoms. The third kappa shape index (κ3) is 15.4. The van der Waals surface area contributed by atoms with Crippen molar-refractivity contribution in [3.8, 4) is 0 Å². The van der Waals surface area contributed by atoms with E-state index in [1.807, 2.05) is 12.2 Å². The van der Waals surface area contributed by atoms with Crippen LogP contribution in [-0.4, -0.2) is 11.2 Å². The molecule has 1 N–H and O–H groups in total. The van der Waals surface area contributed by atoms with Crippen molar-refractivity contribution in [3.05, 3.63) is 24.8 Å². The third-order valence-electron chi connectivity index (χ3n) is 3.57. The summed E-state index contributed by atoms with van der Waals surface area (Å²) in [6, 6.07) is 0. The summed E-state index contributed by atoms with van der Waals surface area (Å²) < 4.78 is 0. The van der Waals surface area contributed by atoms with E-state index >= 15 is 0 Å². The van der Waals surface area contributed by atoms with Crippen LogP contribution in [0.4, 0.5) is 0 Å². The second kappa shape index (κ2) is 15.5. The Labute approximate surface area is 120 Å². The fourth-order valence-electron chi connectivity index (χ4n) is 2.32. The molecule has 0 aliphatic rings. The Morgan fingerprint density at radius 1 is 0.895 bits per heavy atom. The number of aliphatic hydroxyl groups is 1. The molecule has 0 aliphatic heterocycles. The van der Waals surface area contributed by atoms with Gasteiger partial charge in [0.1, 0.15) is 0 Å². The van der Waals surface area contributed by atoms with Gasteiger partial charge in [0.15, 0.2) is 0 Å². The van der Waals surface area contributed by atoms with Crippen LogP contribution in [0.1, 0.15) is 84.0 Å². The second-order valence-corrected chi connectivity index (χ2v) is 5.51. The molecule has 0 saturated heterocycles. The first kappa shape index (κ1) is 18.4. The lowest BCUT2D eigenvalue weighted by molar-refractivity contribution is 0.147. The van der Waals surface area contributed by atoms with E-state index in [0.29, 0.717) is 0 Å². The second-order valence-electron chi connectivity index (χ2n) is 5.51. The molecule has 0 aromatic heterocycles. The van der Waals surface area contributed by atoms with Crippen LogP contribution in [0.25, 0.3) is 0 Å². The highest BCUT2D eigenvalue weighted by atomic mass is 16.3. The molecular weight excluding hydrogens is 232 g/mol. The van der Waals surface area contributed by atoms with Crippen LogP contribution in [0.15, 0.2) is 24.8 Å². The number of allylic oxidation sites excluding steroid dienone is 3. The standard InChI is InChI=1S/C18H34O/c1-3-5-7-8-9-10-11-12-13-15-17-18(19)16-14-6-4-2/h3,5,7,18-19H,1,4,6,8-17H2,2H3. The van der Waals surface area contributed by atoms with Crippen molar-refractivity contribution in [1.29, 1.82) is 0 Å². The molecule has 19 heavy (non-hydrogen) atoms. The largest absolute Gasteiger partial charge is 0.393 e. The molecule has 0 aromatic rings. The molecule has 0 saturated carbocycles. The Kier molecular flexibility index (Phi) is 15.0. The van der Waals surface area contributed by atoms with E-state index in [9.17, 15) is 5.11 Å². The zero-order valence-corrected chi connectivity index (χ0v) is 12.9. The van der Waals surface area contributed by atoms with Crippen LogP contribution in [0.5, 0.6) is 0 Å². The Hall–Kier alpha value is -0.560. The van der Waals surface area contributed by atoms with Crippen molar-refractivity contribution < 1.29 is 5.11 Å². The highest BCUT2D eigenvalue weighted by Gasteiger charge is 2.02. The maximum atomic E-state index is 9.78. The first-order chi connectivity index (χ1) is 9.31. The quantitative estimate of drug-likeness (QED) is 0.311. The van der Waals surface area contributed by atoms with Gasteiger partial charge in [0.25, 0.3) is 0 Å². The van der Waals surface area contributed by atoms with Crippen LogP contribution in [-0.2, 0) is 0 Å². The molecule has 1 nitrogen and oxygen atoms in total. The minimum Gasteiger partial charge on any atom is -0.393 e. The lowest BCUT2D eigenvalue weighted by Crippen LogP contribution is -2.05. The summed E-state index contributed by atoms with van der Waals surface area (Å²) >= 11 is 0. The van der Waals surface area contributed by atoms with Crippen LogP contribution in [0.3, 0.4) is 0 Å². The van der Waals surface area contributed by atoms with Gasteiger partial charge in [-0.15, -0.1) is 0 Å². The van der Waals surface area contributed by atoms with Crippen molar-refractivity contribution in [2.45, 2.75) is 90.1 Å². The summed E-state index contributed by atoms with van der Waals surface area (Å²) in [5.74, 6) is 0. The van der Waals surface area contributed by atoms with Gasteiger partial charge >= 0.3 is 0 Å². The average molecular weight is 266 g/mol. The van der Waals surface area contributed by atoms with E-state index in [4.69, 9.17) is 0 Å². The first-order valence-corrected chi connectivity index (χ1v) is 8.26. The van der Waals surface area contributed by atoms with Crippen molar-refractivity contribution in [1.82, 2.24) is 0 Å². The zero-order chi connectivity index (χ0) is 14.2. The lowest BCUT2D eigenvalue weighted by Gasteiger charge is -2.09. The molecule has 0 amide bonds. The molecular formula is C18H34O. The van der Waals surface area contributed by atoms with Crippen LogP contribution < -0.4 is 0 Å². The fraction of sp³-hybridized carbons (Fsp3) is 0.778. The van der Waals surface area contributed by atoms with Gasteiger partial charge in [0.05, 0.1) is 6.10 Å². The van der Waals surface area contributed by atoms with Crippen molar-refractivity contribution in [2.24, 2.45) is 0 Å². The van der Waals surface area contributed by atoms with Gasteiger partial charge in [-0.3, -0.25) is 0 Å². The highest BCUT2D eigenvalue weighted by molar-refractivity contribution is 4.96. The minimum absolute atomic E-state index is 0.0457. The molecule has 1 atom stereocenters. The SMILES string of the molecule is C=CC=CCCCCCCCCC(O)CCCCC. The lowest BCUT2D eigenvalue weighted by atomic mass is 10.0. The molecule has 1 heteroatoms. The topological polar surface area (TPSA) is 20.2 Å². The zero-order valence-electron chi connectivity index (χ0n) is 12.9. The summed E-state index contributed by atoms with van der Waals surface area (Å²) in [7, 11) is 0. The summed E-state index contributed by atoms with van der Waals surface area (Å²) in [5, 5.41) is 9.78. The van der Waals surface area contributed by atoms with Gasteiger partial charge in [-0.05, 0) is 25.7 Å². The smallest absolute Gasteiger partial charge is 0.0540 e. The fourth-order valence-corrected chi connectivity index (χ4v) is 2.32. The normalized spacial score (nSPS) is 12.9. The van der Waals surface area contributed by atoms with E-state index in [0.717, 1.165) is 12.8 Å². The van der Waals surface area contributed by atoms with Gasteiger partial charge in [0.2, 0.25) is 0 Å². The molecule has 0 bridgehead atoms. The van der Waals surface area contributed by atoms with Gasteiger partial charge < -0.3 is 5.11 Å². The predicted molar refractivity (Wildman–Crippen MR) is 86.4 cm³/mol. The Morgan fingerprint density at radius 3 is 2.11 bits per heavy atom. The molecule has 1 unspecified atom stereocenters. The van der Waals surface area contributed by atoms with Gasteiger partial charge in [-0.25, -0.2) is 0 Å². The van der Waals surface area contributed by atoms with Crippen molar-refractivity contribution in [3.63, 3.8) is 0 Å². The van der Waals surface area contributed by atoms with Crippen molar-refractivity contribution in [2.75, 3.05) is 0 Å². The highest BCUT2D eigenvalue weighted by Crippen LogP contribution is 2.13. The van der Waals surface area contributed by atoms with Gasteiger partial charge in [0, 0.05) is 0 Å². The number of unbranched alkanes of at least 4 members (excludes halogenated alkanes) is 8. The Morgan fingerprint density at radius 2 is 1.47 bits per heavy atom. The third-order valence-corrected chi connectivity index (χ3v) is 3.57. The number of hydrogen-bond donors (Lipinski definition) is 1. The van der Waals surface area contributed by atoms with E-state index in [-0.39, 0.29) is 6.10 Å². The molecule has 0 radical (unpaired) electrons. The summed E-state index contributed by atoms with van der Waals surface area (Å²) in [5.41, 5.74) is 0. The predicted octanol–water partition coefficient (Wildman–Crippen LogP) is 5.79. The van der Waals surface area contributed by atoms with Gasteiger partial charge in [-0.1, -0.05) is 83.1 Å². The maximum absolute atomic E-state index is 9.78. The first-order valence-electron chi connectivity index (χ1n) is 8.26. The molecule has 0 fully saturated rings. The maximum Gasteiger partial charge on any atom is 0.0540 e. The van der Waals surface area contributed by atoms with E-state index in [1.54, 1.807) is 0 Å². The molecule has 0 heterocycles. The molecule has 0 rings (SSSR count). The summed E-state index contributed by atoms with van der Waals surface area (Å²) in [6.07, 6.45) is 20.7. The Balaban J connectivity index is 3.13. The number of rotatable bonds is 14. The molecule has 112 valence electrons. The summed E-state index contributed by atoms with van der Waals surface area (Å²) in [4.78, 5) is 0. The average Bonchev–Trinajstić information content (AvgIpc) is 2.41. The van der Waals surface area contributed by atoms with Crippen molar-refractivity contribution >= 4 is 0 Å². The van der Waals surface area contributed by atoms with Crippen LogP contribution in [0, 0.1) is 0 Å². The monoisotopic (exact) mass is 266 g/mol. The molecule has 0 aliphatic carbocycles. The minimum atomic E-state index is -0.0457. The van der Waals surface area contributed by atoms with E-state index in [1.165, 1.54) is 64.2 Å². The van der Waals surface area contributed by atoms with E-state index < -0.39 is 0 Å². The number of aliphatic hydroxyl groups excluding tert-OH is 1.